The van der Waals surface area contributed by atoms with E-state index in [0.29, 0.717) is 0 Å². The molecule has 0 saturated carbocycles. The Labute approximate surface area is 59.6 Å². The summed E-state index contributed by atoms with van der Waals surface area (Å²) in [5, 5.41) is 0. The van der Waals surface area contributed by atoms with E-state index in [1.54, 1.807) is 6.92 Å². The molecule has 0 saturated heterocycles. The Morgan fingerprint density at radius 2 is 1.00 bits per heavy atom. The smallest absolute Gasteiger partial charge is 0.346 e. The average Bonchev–Trinajstić information content (AvgIpc) is 1.41. The molecule has 0 rings (SSSR count). The molecule has 0 spiro atoms. The van der Waals surface area contributed by atoms with Gasteiger partial charge in [-0.25, -0.2) is 0 Å². The van der Waals surface area contributed by atoms with Crippen molar-refractivity contribution in [3.8, 4) is 0 Å². The minimum atomic E-state index is 0. The first-order valence-electron chi connectivity index (χ1n) is 2.21. The summed E-state index contributed by atoms with van der Waals surface area (Å²) in [7, 11) is 0. The predicted molar refractivity (Wildman–Crippen MR) is 31.3 cm³/mol. The fourth-order valence-corrected chi connectivity index (χ4v) is 0. The maximum absolute atomic E-state index is 3.25. The largest absolute Gasteiger partial charge is 2.00 e. The second-order valence-corrected chi connectivity index (χ2v) is 1.50. The van der Waals surface area contributed by atoms with E-state index in [1.165, 1.54) is 5.92 Å². The Hall–Kier alpha value is 0.584. The molecular weight excluding hydrogens is 123 g/mol. The zero-order valence-corrected chi connectivity index (χ0v) is 7.05. The summed E-state index contributed by atoms with van der Waals surface area (Å²) in [6.45, 7) is 11.2. The Balaban J connectivity index is -0.0000000480. The van der Waals surface area contributed by atoms with E-state index in [9.17, 15) is 0 Å². The van der Waals surface area contributed by atoms with Crippen molar-refractivity contribution in [1.29, 1.82) is 0 Å². The molecule has 0 fully saturated rings. The molecule has 0 unspecified atom stereocenters. The minimum absolute atomic E-state index is 0. The summed E-state index contributed by atoms with van der Waals surface area (Å²) >= 11 is 0. The van der Waals surface area contributed by atoms with Gasteiger partial charge in [-0.1, -0.05) is 0 Å². The fourth-order valence-electron chi connectivity index (χ4n) is 0. The molecule has 0 aromatic carbocycles. The normalized spacial score (nSPS) is 6.00. The van der Waals surface area contributed by atoms with Crippen LogP contribution in [0.4, 0.5) is 0 Å². The van der Waals surface area contributed by atoms with Crippen molar-refractivity contribution in [3.63, 3.8) is 0 Å². The molecule has 7 heavy (non-hydrogen) atoms. The standard InChI is InChI=1S/C4H9.C2H5.V/c1-4(2)3;1-2;/h1-3H3;1H2,2H3;/q2*-1;+2. The number of hydrogen-bond acceptors (Lipinski definition) is 0. The molecule has 0 nitrogen and oxygen atoms in total. The van der Waals surface area contributed by atoms with Gasteiger partial charge < -0.3 is 12.8 Å². The number of rotatable bonds is 0. The van der Waals surface area contributed by atoms with E-state index >= 15 is 0 Å². The molecule has 1 radical (unpaired) electrons. The van der Waals surface area contributed by atoms with Crippen molar-refractivity contribution in [2.75, 3.05) is 0 Å². The quantitative estimate of drug-likeness (QED) is 0.450. The van der Waals surface area contributed by atoms with Gasteiger partial charge in [0.2, 0.25) is 0 Å². The van der Waals surface area contributed by atoms with Crippen LogP contribution >= 0.6 is 0 Å². The molecule has 0 bridgehead atoms. The van der Waals surface area contributed by atoms with Crippen molar-refractivity contribution in [2.45, 2.75) is 27.7 Å². The molecule has 0 atom stereocenters. The first-order chi connectivity index (χ1) is 2.73. The number of hydrogen-bond donors (Lipinski definition) is 0. The topological polar surface area (TPSA) is 0 Å². The van der Waals surface area contributed by atoms with E-state index in [0.717, 1.165) is 0 Å². The van der Waals surface area contributed by atoms with Gasteiger partial charge in [-0.15, -0.1) is 0 Å². The maximum atomic E-state index is 3.25. The molecule has 0 aliphatic carbocycles. The Bertz CT molecular complexity index is 8.90. The van der Waals surface area contributed by atoms with E-state index in [4.69, 9.17) is 0 Å². The first-order valence-corrected chi connectivity index (χ1v) is 2.21. The van der Waals surface area contributed by atoms with Crippen LogP contribution in [0.1, 0.15) is 27.7 Å². The molecule has 0 aromatic rings. The van der Waals surface area contributed by atoms with Crippen molar-refractivity contribution >= 4 is 0 Å². The van der Waals surface area contributed by atoms with E-state index in [2.05, 4.69) is 27.7 Å². The van der Waals surface area contributed by atoms with Crippen molar-refractivity contribution in [3.05, 3.63) is 12.8 Å². The maximum Gasteiger partial charge on any atom is 2.00 e. The van der Waals surface area contributed by atoms with Crippen molar-refractivity contribution < 1.29 is 18.6 Å². The first kappa shape index (κ1) is 15.6. The Morgan fingerprint density at radius 3 is 1.00 bits per heavy atom. The predicted octanol–water partition coefficient (Wildman–Crippen LogP) is 2.46. The van der Waals surface area contributed by atoms with Gasteiger partial charge in [-0.3, -0.25) is 0 Å². The Kier molecular flexibility index (Phi) is 35.7. The molecule has 0 amide bonds. The second kappa shape index (κ2) is 16.0. The monoisotopic (exact) mass is 137 g/mol. The van der Waals surface area contributed by atoms with Gasteiger partial charge in [0.15, 0.2) is 0 Å². The summed E-state index contributed by atoms with van der Waals surface area (Å²) < 4.78 is 0. The van der Waals surface area contributed by atoms with Crippen molar-refractivity contribution in [2.24, 2.45) is 0 Å². The van der Waals surface area contributed by atoms with E-state index in [-0.39, 0.29) is 18.6 Å². The average molecular weight is 137 g/mol. The second-order valence-electron chi connectivity index (χ2n) is 1.50. The summed E-state index contributed by atoms with van der Waals surface area (Å²) in [4.78, 5) is 0. The summed E-state index contributed by atoms with van der Waals surface area (Å²) in [6.07, 6.45) is 0. The van der Waals surface area contributed by atoms with Crippen molar-refractivity contribution in [1.82, 2.24) is 0 Å². The van der Waals surface area contributed by atoms with Crippen LogP contribution in [0.5, 0.6) is 0 Å². The third-order valence-corrected chi connectivity index (χ3v) is 0. The molecular formula is C6H14V. The molecule has 0 aliphatic heterocycles. The van der Waals surface area contributed by atoms with Crippen LogP contribution in [-0.2, 0) is 18.6 Å². The van der Waals surface area contributed by atoms with Gasteiger partial charge in [0.25, 0.3) is 0 Å². The third kappa shape index (κ3) is 405. The zero-order chi connectivity index (χ0) is 5.58. The van der Waals surface area contributed by atoms with Crippen LogP contribution in [0.3, 0.4) is 0 Å². The molecule has 0 aliphatic rings. The van der Waals surface area contributed by atoms with Crippen LogP contribution in [0.15, 0.2) is 0 Å². The summed E-state index contributed by atoms with van der Waals surface area (Å²) in [5.41, 5.74) is 0. The van der Waals surface area contributed by atoms with Crippen LogP contribution in [0.25, 0.3) is 0 Å². The molecule has 0 heterocycles. The zero-order valence-electron chi connectivity index (χ0n) is 5.65. The van der Waals surface area contributed by atoms with Crippen LogP contribution in [-0.4, -0.2) is 0 Å². The molecule has 0 N–H and O–H groups in total. The minimum Gasteiger partial charge on any atom is -0.346 e. The van der Waals surface area contributed by atoms with Crippen LogP contribution in [0, 0.1) is 12.8 Å². The summed E-state index contributed by atoms with van der Waals surface area (Å²) in [5.74, 6) is 1.42. The van der Waals surface area contributed by atoms with Gasteiger partial charge >= 0.3 is 18.6 Å². The molecule has 1 heteroatoms. The van der Waals surface area contributed by atoms with Gasteiger partial charge in [0.05, 0.1) is 0 Å². The van der Waals surface area contributed by atoms with E-state index in [1.807, 2.05) is 0 Å². The molecule has 0 aromatic heterocycles. The van der Waals surface area contributed by atoms with Crippen LogP contribution in [0.2, 0.25) is 0 Å². The van der Waals surface area contributed by atoms with Gasteiger partial charge in [0, 0.05) is 0 Å². The molecule has 43 valence electrons. The van der Waals surface area contributed by atoms with E-state index < -0.39 is 0 Å². The third-order valence-electron chi connectivity index (χ3n) is 0. The van der Waals surface area contributed by atoms with Gasteiger partial charge in [0.1, 0.15) is 0 Å². The van der Waals surface area contributed by atoms with Crippen LogP contribution < -0.4 is 0 Å². The van der Waals surface area contributed by atoms with Gasteiger partial charge in [-0.05, 0) is 0 Å². The van der Waals surface area contributed by atoms with Gasteiger partial charge in [-0.2, -0.15) is 27.7 Å². The Morgan fingerprint density at radius 1 is 1.00 bits per heavy atom. The summed E-state index contributed by atoms with van der Waals surface area (Å²) in [6, 6.07) is 0. The SMILES string of the molecule is C[C-](C)C.[CH2-]C.[V+2]. The fraction of sp³-hybridized carbons (Fsp3) is 0.667.